The first-order valence-corrected chi connectivity index (χ1v) is 16.3. The number of allylic oxidation sites excluding steroid dienone is 9. The Morgan fingerprint density at radius 3 is 2.53 bits per heavy atom. The maximum Gasteiger partial charge on any atom is 0.0988 e. The average Bonchev–Trinajstić information content (AvgIpc) is 3.07. The normalized spacial score (nSPS) is 14.2. The zero-order chi connectivity index (χ0) is 32.3. The molecule has 0 radical (unpaired) electrons. The van der Waals surface area contributed by atoms with Crippen LogP contribution in [0.15, 0.2) is 126 Å². The molecule has 0 saturated carbocycles. The first-order valence-electron chi connectivity index (χ1n) is 15.2. The maximum atomic E-state index is 9.43. The van der Waals surface area contributed by atoms with E-state index in [0.717, 1.165) is 41.7 Å². The standard InChI is InChI=1S/C41H40IN3/c1-7-11-35-21-38(41-18-15-32(27-45-41)14-13-31-12-10-19-44-26-31)23-37(30(35)6)22-36-16-17-39(42)24-40(36)34(9-3)20-33(8-2)29(5)28(4)25-43/h7-14,16-17,19,21,23-24,26-27H,2,4,15,18,20,22H2,1,3,5-6H3/b11-7-,14-13-,33-29-,34-9-. The second-order valence-electron chi connectivity index (χ2n) is 11.2. The van der Waals surface area contributed by atoms with Crippen molar-refractivity contribution < 1.29 is 0 Å². The van der Waals surface area contributed by atoms with Gasteiger partial charge in [-0.15, -0.1) is 0 Å². The summed E-state index contributed by atoms with van der Waals surface area (Å²) in [5, 5.41) is 9.43. The van der Waals surface area contributed by atoms with Gasteiger partial charge in [-0.25, -0.2) is 0 Å². The summed E-state index contributed by atoms with van der Waals surface area (Å²) in [6.45, 7) is 16.3. The van der Waals surface area contributed by atoms with E-state index in [0.29, 0.717) is 12.0 Å². The van der Waals surface area contributed by atoms with Crippen LogP contribution in [0.4, 0.5) is 0 Å². The number of nitrogens with zero attached hydrogens (tertiary/aromatic N) is 3. The van der Waals surface area contributed by atoms with Crippen molar-refractivity contribution in [2.24, 2.45) is 4.99 Å². The van der Waals surface area contributed by atoms with Gasteiger partial charge in [0.05, 0.1) is 6.07 Å². The molecule has 45 heavy (non-hydrogen) atoms. The summed E-state index contributed by atoms with van der Waals surface area (Å²) in [4.78, 5) is 9.13. The van der Waals surface area contributed by atoms with Gasteiger partial charge in [0, 0.05) is 33.4 Å². The van der Waals surface area contributed by atoms with E-state index in [1.807, 2.05) is 31.5 Å². The number of hydrogen-bond donors (Lipinski definition) is 0. The molecule has 4 rings (SSSR count). The smallest absolute Gasteiger partial charge is 0.0988 e. The molecule has 0 atom stereocenters. The van der Waals surface area contributed by atoms with Crippen molar-refractivity contribution in [1.82, 2.24) is 4.98 Å². The third-order valence-electron chi connectivity index (χ3n) is 8.29. The highest BCUT2D eigenvalue weighted by Gasteiger charge is 2.17. The van der Waals surface area contributed by atoms with Gasteiger partial charge >= 0.3 is 0 Å². The predicted molar refractivity (Wildman–Crippen MR) is 201 cm³/mol. The third-order valence-corrected chi connectivity index (χ3v) is 8.96. The van der Waals surface area contributed by atoms with Crippen LogP contribution < -0.4 is 0 Å². The lowest BCUT2D eigenvalue weighted by Crippen LogP contribution is -2.08. The number of nitriles is 1. The van der Waals surface area contributed by atoms with Gasteiger partial charge in [0.1, 0.15) is 0 Å². The van der Waals surface area contributed by atoms with E-state index in [1.165, 1.54) is 48.1 Å². The van der Waals surface area contributed by atoms with Gasteiger partial charge in [-0.3, -0.25) is 9.98 Å². The van der Waals surface area contributed by atoms with Crippen molar-refractivity contribution in [2.75, 3.05) is 0 Å². The van der Waals surface area contributed by atoms with Gasteiger partial charge in [-0.1, -0.05) is 61.7 Å². The van der Waals surface area contributed by atoms with Crippen LogP contribution in [-0.2, 0) is 6.42 Å². The molecule has 0 amide bonds. The minimum atomic E-state index is 0.476. The molecule has 1 aromatic heterocycles. The fraction of sp³-hybridized carbons (Fsp3) is 0.195. The monoisotopic (exact) mass is 701 g/mol. The molecule has 1 aliphatic rings. The van der Waals surface area contributed by atoms with E-state index in [9.17, 15) is 5.26 Å². The molecule has 0 N–H and O–H groups in total. The summed E-state index contributed by atoms with van der Waals surface area (Å²) in [5.41, 5.74) is 14.5. The van der Waals surface area contributed by atoms with Gasteiger partial charge in [0.15, 0.2) is 0 Å². The van der Waals surface area contributed by atoms with Gasteiger partial charge in [0.2, 0.25) is 0 Å². The quantitative estimate of drug-likeness (QED) is 0.114. The van der Waals surface area contributed by atoms with Crippen LogP contribution in [0.3, 0.4) is 0 Å². The Morgan fingerprint density at radius 2 is 1.89 bits per heavy atom. The van der Waals surface area contributed by atoms with Crippen molar-refractivity contribution in [3.63, 3.8) is 0 Å². The Hall–Kier alpha value is -4.34. The molecular formula is C41H40IN3. The second-order valence-corrected chi connectivity index (χ2v) is 12.4. The Morgan fingerprint density at radius 1 is 1.07 bits per heavy atom. The number of benzene rings is 2. The summed E-state index contributed by atoms with van der Waals surface area (Å²) >= 11 is 2.39. The first kappa shape index (κ1) is 33.6. The summed E-state index contributed by atoms with van der Waals surface area (Å²) in [6, 6.07) is 17.5. The van der Waals surface area contributed by atoms with Crippen LogP contribution in [-0.4, -0.2) is 10.7 Å². The van der Waals surface area contributed by atoms with Crippen LogP contribution in [0.5, 0.6) is 0 Å². The van der Waals surface area contributed by atoms with Gasteiger partial charge < -0.3 is 0 Å². The topological polar surface area (TPSA) is 49.0 Å². The minimum Gasteiger partial charge on any atom is -0.264 e. The van der Waals surface area contributed by atoms with Gasteiger partial charge in [-0.2, -0.15) is 5.26 Å². The molecule has 2 heterocycles. The van der Waals surface area contributed by atoms with Crippen LogP contribution >= 0.6 is 22.6 Å². The second kappa shape index (κ2) is 16.1. The van der Waals surface area contributed by atoms with Crippen molar-refractivity contribution in [3.8, 4) is 6.07 Å². The lowest BCUT2D eigenvalue weighted by atomic mass is 9.86. The van der Waals surface area contributed by atoms with E-state index < -0.39 is 0 Å². The molecule has 4 heteroatoms. The molecule has 3 nitrogen and oxygen atoms in total. The molecule has 1 aliphatic heterocycles. The molecule has 3 aromatic rings. The summed E-state index contributed by atoms with van der Waals surface area (Å²) in [7, 11) is 0. The largest absolute Gasteiger partial charge is 0.264 e. The summed E-state index contributed by atoms with van der Waals surface area (Å²) in [5.74, 6) is 0. The molecule has 226 valence electrons. The van der Waals surface area contributed by atoms with Gasteiger partial charge in [-0.05, 0) is 168 Å². The average molecular weight is 702 g/mol. The van der Waals surface area contributed by atoms with Crippen LogP contribution in [0.25, 0.3) is 17.7 Å². The van der Waals surface area contributed by atoms with E-state index in [4.69, 9.17) is 4.99 Å². The van der Waals surface area contributed by atoms with Crippen LogP contribution in [0.2, 0.25) is 0 Å². The molecule has 0 saturated heterocycles. The highest BCUT2D eigenvalue weighted by atomic mass is 127. The minimum absolute atomic E-state index is 0.476. The highest BCUT2D eigenvalue weighted by molar-refractivity contribution is 14.1. The molecule has 2 aromatic carbocycles. The fourth-order valence-electron chi connectivity index (χ4n) is 5.48. The van der Waals surface area contributed by atoms with Crippen molar-refractivity contribution in [1.29, 1.82) is 5.26 Å². The fourth-order valence-corrected chi connectivity index (χ4v) is 5.97. The Bertz CT molecular complexity index is 1820. The van der Waals surface area contributed by atoms with Crippen LogP contribution in [0, 0.1) is 21.8 Å². The molecule has 0 bridgehead atoms. The number of aromatic nitrogens is 1. The predicted octanol–water partition coefficient (Wildman–Crippen LogP) is 11.2. The SMILES string of the molecule is C=C/C(C/C(=C/C)c1cc(I)ccc1Cc1cc(C2=NC=C(/C=C\c3cccnc3)CC2)cc(/C=C\C)c1C)=C(\C)C(=C)C#N. The molecular weight excluding hydrogens is 661 g/mol. The Kier molecular flexibility index (Phi) is 12.0. The van der Waals surface area contributed by atoms with E-state index >= 15 is 0 Å². The lowest BCUT2D eigenvalue weighted by Gasteiger charge is -2.19. The molecule has 0 fully saturated rings. The lowest BCUT2D eigenvalue weighted by molar-refractivity contribution is 1.01. The number of halogens is 1. The zero-order valence-corrected chi connectivity index (χ0v) is 28.9. The Balaban J connectivity index is 1.71. The van der Waals surface area contributed by atoms with Crippen molar-refractivity contribution >= 4 is 46.0 Å². The van der Waals surface area contributed by atoms with E-state index in [1.54, 1.807) is 6.20 Å². The summed E-state index contributed by atoms with van der Waals surface area (Å²) < 4.78 is 1.18. The first-order chi connectivity index (χ1) is 21.8. The van der Waals surface area contributed by atoms with Crippen LogP contribution in [0.1, 0.15) is 79.0 Å². The highest BCUT2D eigenvalue weighted by Crippen LogP contribution is 2.33. The summed E-state index contributed by atoms with van der Waals surface area (Å²) in [6.07, 6.45) is 21.6. The number of pyridine rings is 1. The van der Waals surface area contributed by atoms with Gasteiger partial charge in [0.25, 0.3) is 0 Å². The zero-order valence-electron chi connectivity index (χ0n) is 26.7. The van der Waals surface area contributed by atoms with Crippen molar-refractivity contribution in [2.45, 2.75) is 53.4 Å². The third kappa shape index (κ3) is 8.65. The maximum absolute atomic E-state index is 9.43. The number of rotatable bonds is 11. The van der Waals surface area contributed by atoms with E-state index in [-0.39, 0.29) is 0 Å². The molecule has 0 aliphatic carbocycles. The van der Waals surface area contributed by atoms with E-state index in [2.05, 4.69) is 134 Å². The molecule has 0 unspecified atom stereocenters. The van der Waals surface area contributed by atoms with Crippen molar-refractivity contribution in [3.05, 3.63) is 163 Å². The Labute approximate surface area is 282 Å². The number of aliphatic imine (C=N–C) groups is 1. The number of hydrogen-bond acceptors (Lipinski definition) is 3. The molecule has 0 spiro atoms.